The molecule has 0 atom stereocenters. The highest BCUT2D eigenvalue weighted by Crippen LogP contribution is 2.23. The van der Waals surface area contributed by atoms with Crippen LogP contribution in [0.15, 0.2) is 24.8 Å². The van der Waals surface area contributed by atoms with Crippen LogP contribution in [0.5, 0.6) is 0 Å². The molecule has 7 heteroatoms. The predicted molar refractivity (Wildman–Crippen MR) is 69.4 cm³/mol. The minimum absolute atomic E-state index is 0.169. The van der Waals surface area contributed by atoms with E-state index in [2.05, 4.69) is 6.58 Å². The molecule has 0 saturated heterocycles. The van der Waals surface area contributed by atoms with E-state index in [1.54, 1.807) is 0 Å². The van der Waals surface area contributed by atoms with Crippen LogP contribution in [-0.2, 0) is 0 Å². The molecule has 0 aliphatic heterocycles. The van der Waals surface area contributed by atoms with E-state index in [1.807, 2.05) is 6.92 Å². The van der Waals surface area contributed by atoms with Crippen molar-refractivity contribution in [2.45, 2.75) is 13.3 Å². The Bertz CT molecular complexity index is 547. The van der Waals surface area contributed by atoms with Crippen LogP contribution >= 0.6 is 0 Å². The van der Waals surface area contributed by atoms with Crippen molar-refractivity contribution in [3.05, 3.63) is 52.1 Å². The molecule has 5 nitrogen and oxygen atoms in total. The molecule has 0 aliphatic rings. The van der Waals surface area contributed by atoms with Crippen LogP contribution in [0.3, 0.4) is 0 Å². The number of nitro groups is 1. The van der Waals surface area contributed by atoms with Gasteiger partial charge in [0, 0.05) is 13.1 Å². The van der Waals surface area contributed by atoms with Gasteiger partial charge in [-0.05, 0) is 12.5 Å². The van der Waals surface area contributed by atoms with Crippen LogP contribution in [0.4, 0.5) is 14.5 Å². The molecule has 0 unspecified atom stereocenters. The molecule has 0 N–H and O–H groups in total. The summed E-state index contributed by atoms with van der Waals surface area (Å²) in [7, 11) is 0. The highest BCUT2D eigenvalue weighted by Gasteiger charge is 2.26. The Morgan fingerprint density at radius 2 is 2.05 bits per heavy atom. The number of carbonyl (C=O) groups excluding carboxylic acids is 1. The summed E-state index contributed by atoms with van der Waals surface area (Å²) in [5, 5.41) is 10.9. The lowest BCUT2D eigenvalue weighted by molar-refractivity contribution is -0.385. The first-order valence-electron chi connectivity index (χ1n) is 5.96. The normalized spacial score (nSPS) is 10.2. The zero-order chi connectivity index (χ0) is 15.3. The maximum absolute atomic E-state index is 13.2. The summed E-state index contributed by atoms with van der Waals surface area (Å²) < 4.78 is 26.3. The number of halogens is 2. The maximum atomic E-state index is 13.2. The highest BCUT2D eigenvalue weighted by atomic mass is 19.2. The van der Waals surface area contributed by atoms with Crippen molar-refractivity contribution in [1.82, 2.24) is 4.90 Å². The van der Waals surface area contributed by atoms with Gasteiger partial charge in [0.05, 0.1) is 11.0 Å². The fraction of sp³-hybridized carbons (Fsp3) is 0.308. The number of benzene rings is 1. The second-order valence-corrected chi connectivity index (χ2v) is 4.08. The summed E-state index contributed by atoms with van der Waals surface area (Å²) in [5.74, 6) is -3.38. The number of hydrogen-bond donors (Lipinski definition) is 0. The van der Waals surface area contributed by atoms with E-state index in [0.717, 1.165) is 0 Å². The van der Waals surface area contributed by atoms with Gasteiger partial charge in [0.25, 0.3) is 11.6 Å². The van der Waals surface area contributed by atoms with E-state index in [1.165, 1.54) is 11.0 Å². The van der Waals surface area contributed by atoms with Crippen LogP contribution in [0.25, 0.3) is 0 Å². The van der Waals surface area contributed by atoms with Crippen molar-refractivity contribution < 1.29 is 18.5 Å². The second-order valence-electron chi connectivity index (χ2n) is 4.08. The Balaban J connectivity index is 3.28. The number of hydrogen-bond acceptors (Lipinski definition) is 3. The van der Waals surface area contributed by atoms with Gasteiger partial charge < -0.3 is 4.90 Å². The second kappa shape index (κ2) is 6.74. The van der Waals surface area contributed by atoms with Crippen molar-refractivity contribution in [3.8, 4) is 0 Å². The summed E-state index contributed by atoms with van der Waals surface area (Å²) in [6, 6.07) is 0.974. The van der Waals surface area contributed by atoms with Crippen LogP contribution < -0.4 is 0 Å². The van der Waals surface area contributed by atoms with Crippen LogP contribution in [0, 0.1) is 21.7 Å². The van der Waals surface area contributed by atoms with Crippen LogP contribution in [-0.4, -0.2) is 28.8 Å². The number of carbonyl (C=O) groups is 1. The molecule has 0 aromatic heterocycles. The molecular weight excluding hydrogens is 270 g/mol. The van der Waals surface area contributed by atoms with Gasteiger partial charge in [-0.1, -0.05) is 13.0 Å². The van der Waals surface area contributed by atoms with Crippen LogP contribution in [0.1, 0.15) is 23.7 Å². The molecule has 1 amide bonds. The fourth-order valence-electron chi connectivity index (χ4n) is 1.73. The molecule has 20 heavy (non-hydrogen) atoms. The molecule has 1 aromatic rings. The Morgan fingerprint density at radius 3 is 2.55 bits per heavy atom. The summed E-state index contributed by atoms with van der Waals surface area (Å²) in [6.45, 7) is 5.81. The van der Waals surface area contributed by atoms with E-state index < -0.39 is 33.7 Å². The van der Waals surface area contributed by atoms with Gasteiger partial charge in [-0.2, -0.15) is 0 Å². The Labute approximate surface area is 114 Å². The third kappa shape index (κ3) is 3.37. The van der Waals surface area contributed by atoms with Gasteiger partial charge in [-0.25, -0.2) is 8.78 Å². The lowest BCUT2D eigenvalue weighted by Crippen LogP contribution is -2.32. The number of nitrogens with zero attached hydrogens (tertiary/aromatic N) is 2. The van der Waals surface area contributed by atoms with Gasteiger partial charge in [-0.3, -0.25) is 14.9 Å². The third-order valence-corrected chi connectivity index (χ3v) is 2.60. The number of nitro benzene ring substituents is 1. The average molecular weight is 284 g/mol. The van der Waals surface area contributed by atoms with Gasteiger partial charge in [-0.15, -0.1) is 6.58 Å². The van der Waals surface area contributed by atoms with Gasteiger partial charge in [0.1, 0.15) is 5.56 Å². The summed E-state index contributed by atoms with van der Waals surface area (Å²) in [5.41, 5.74) is -1.22. The van der Waals surface area contributed by atoms with Crippen molar-refractivity contribution in [1.29, 1.82) is 0 Å². The van der Waals surface area contributed by atoms with E-state index in [0.29, 0.717) is 25.1 Å². The van der Waals surface area contributed by atoms with Gasteiger partial charge in [0.15, 0.2) is 11.6 Å². The molecule has 0 aliphatic carbocycles. The standard InChI is InChI=1S/C13H14F2N2O3/c1-3-5-16(6-4-2)13(18)9-7-10(14)11(15)8-12(9)17(19)20/h3,7-8H,1,4-6H2,2H3. The Kier molecular flexibility index (Phi) is 5.31. The lowest BCUT2D eigenvalue weighted by Gasteiger charge is -2.20. The molecule has 108 valence electrons. The maximum Gasteiger partial charge on any atom is 0.285 e. The third-order valence-electron chi connectivity index (χ3n) is 2.60. The van der Waals surface area contributed by atoms with Gasteiger partial charge >= 0.3 is 0 Å². The highest BCUT2D eigenvalue weighted by molar-refractivity contribution is 5.98. The SMILES string of the molecule is C=CCN(CCC)C(=O)c1cc(F)c(F)cc1[N+](=O)[O-]. The van der Waals surface area contributed by atoms with E-state index in [-0.39, 0.29) is 6.54 Å². The quantitative estimate of drug-likeness (QED) is 0.458. The Hall–Kier alpha value is -2.31. The van der Waals surface area contributed by atoms with Crippen molar-refractivity contribution in [2.75, 3.05) is 13.1 Å². The average Bonchev–Trinajstić information content (AvgIpc) is 2.40. The summed E-state index contributed by atoms with van der Waals surface area (Å²) >= 11 is 0. The van der Waals surface area contributed by atoms with Crippen molar-refractivity contribution in [3.63, 3.8) is 0 Å². The minimum atomic E-state index is -1.36. The first-order valence-corrected chi connectivity index (χ1v) is 5.96. The fourth-order valence-corrected chi connectivity index (χ4v) is 1.73. The molecule has 0 saturated carbocycles. The smallest absolute Gasteiger partial charge is 0.285 e. The van der Waals surface area contributed by atoms with Gasteiger partial charge in [0.2, 0.25) is 0 Å². The summed E-state index contributed by atoms with van der Waals surface area (Å²) in [6.07, 6.45) is 2.08. The molecule has 1 rings (SSSR count). The molecule has 0 radical (unpaired) electrons. The minimum Gasteiger partial charge on any atom is -0.335 e. The van der Waals surface area contributed by atoms with E-state index >= 15 is 0 Å². The van der Waals surface area contributed by atoms with Crippen LogP contribution in [0.2, 0.25) is 0 Å². The number of amides is 1. The molecule has 0 spiro atoms. The monoisotopic (exact) mass is 284 g/mol. The van der Waals surface area contributed by atoms with E-state index in [4.69, 9.17) is 0 Å². The zero-order valence-corrected chi connectivity index (χ0v) is 10.9. The zero-order valence-electron chi connectivity index (χ0n) is 10.9. The first-order chi connectivity index (χ1) is 9.42. The largest absolute Gasteiger partial charge is 0.335 e. The molecule has 1 aromatic carbocycles. The first kappa shape index (κ1) is 15.7. The molecule has 0 heterocycles. The molecule has 0 bridgehead atoms. The Morgan fingerprint density at radius 1 is 1.45 bits per heavy atom. The van der Waals surface area contributed by atoms with Crippen molar-refractivity contribution >= 4 is 11.6 Å². The lowest BCUT2D eigenvalue weighted by atomic mass is 10.1. The predicted octanol–water partition coefficient (Wildman–Crippen LogP) is 2.91. The van der Waals surface area contributed by atoms with Crippen molar-refractivity contribution in [2.24, 2.45) is 0 Å². The number of rotatable bonds is 6. The molecule has 0 fully saturated rings. The van der Waals surface area contributed by atoms with E-state index in [9.17, 15) is 23.7 Å². The topological polar surface area (TPSA) is 63.5 Å². The molecular formula is C13H14F2N2O3. The summed E-state index contributed by atoms with van der Waals surface area (Å²) in [4.78, 5) is 23.4.